The van der Waals surface area contributed by atoms with E-state index in [1.165, 1.54) is 0 Å². The first kappa shape index (κ1) is 21.3. The van der Waals surface area contributed by atoms with Crippen LogP contribution in [0.1, 0.15) is 35.2 Å². The topological polar surface area (TPSA) is 84.9 Å². The number of carbonyl (C=O) groups is 2. The zero-order valence-corrected chi connectivity index (χ0v) is 16.9. The fraction of sp³-hybridized carbons (Fsp3) is 0.364. The second kappa shape index (κ2) is 9.26. The van der Waals surface area contributed by atoms with Crippen LogP contribution in [-0.2, 0) is 16.0 Å². The lowest BCUT2D eigenvalue weighted by Gasteiger charge is -2.21. The number of amides is 1. The van der Waals surface area contributed by atoms with Gasteiger partial charge in [0.15, 0.2) is 17.5 Å². The molecule has 1 amide bonds. The molecule has 0 bridgehead atoms. The Morgan fingerprint density at radius 3 is 2.36 bits per heavy atom. The highest BCUT2D eigenvalue weighted by molar-refractivity contribution is 5.86. The monoisotopic (exact) mass is 385 g/mol. The van der Waals surface area contributed by atoms with Gasteiger partial charge in [0.25, 0.3) is 0 Å². The summed E-state index contributed by atoms with van der Waals surface area (Å²) in [6.07, 6.45) is 0.450. The Morgan fingerprint density at radius 2 is 1.75 bits per heavy atom. The molecule has 0 saturated heterocycles. The standard InChI is InChI=1S/C22H27NO5/c1-13-7-6-8-17(15(13)3)20(22(25)26)23-21(24)14(2)11-16-9-10-18(27-4)19(12-16)28-5/h6-10,12,14,20H,11H2,1-5H3,(H,23,24)(H,25,26). The van der Waals surface area contributed by atoms with Crippen molar-refractivity contribution in [1.29, 1.82) is 0 Å². The SMILES string of the molecule is COc1ccc(CC(C)C(=O)NC(C(=O)O)c2cccc(C)c2C)cc1OC. The minimum atomic E-state index is -1.08. The van der Waals surface area contributed by atoms with E-state index in [0.717, 1.165) is 16.7 Å². The van der Waals surface area contributed by atoms with Gasteiger partial charge in [-0.3, -0.25) is 4.79 Å². The molecule has 2 N–H and O–H groups in total. The minimum absolute atomic E-state index is 0.317. The Bertz CT molecular complexity index is 862. The molecular formula is C22H27NO5. The Labute approximate surface area is 165 Å². The summed E-state index contributed by atoms with van der Waals surface area (Å²) in [7, 11) is 3.12. The van der Waals surface area contributed by atoms with E-state index >= 15 is 0 Å². The van der Waals surface area contributed by atoms with E-state index in [-0.39, 0.29) is 5.91 Å². The molecule has 6 nitrogen and oxygen atoms in total. The normalized spacial score (nSPS) is 12.8. The summed E-state index contributed by atoms with van der Waals surface area (Å²) >= 11 is 0. The Balaban J connectivity index is 2.15. The average Bonchev–Trinajstić information content (AvgIpc) is 2.67. The zero-order chi connectivity index (χ0) is 20.8. The number of aliphatic carboxylic acids is 1. The van der Waals surface area contributed by atoms with Crippen LogP contribution in [-0.4, -0.2) is 31.2 Å². The number of nitrogens with one attached hydrogen (secondary N) is 1. The van der Waals surface area contributed by atoms with Crippen molar-refractivity contribution in [3.63, 3.8) is 0 Å². The van der Waals surface area contributed by atoms with E-state index in [2.05, 4.69) is 5.32 Å². The Kier molecular flexibility index (Phi) is 7.04. The molecule has 28 heavy (non-hydrogen) atoms. The van der Waals surface area contributed by atoms with Gasteiger partial charge in [0.1, 0.15) is 0 Å². The third kappa shape index (κ3) is 4.82. The van der Waals surface area contributed by atoms with Crippen molar-refractivity contribution in [2.45, 2.75) is 33.2 Å². The van der Waals surface area contributed by atoms with Crippen molar-refractivity contribution in [2.75, 3.05) is 14.2 Å². The highest BCUT2D eigenvalue weighted by atomic mass is 16.5. The highest BCUT2D eigenvalue weighted by Gasteiger charge is 2.26. The van der Waals surface area contributed by atoms with Crippen LogP contribution < -0.4 is 14.8 Å². The lowest BCUT2D eigenvalue weighted by Crippen LogP contribution is -2.38. The van der Waals surface area contributed by atoms with Crippen LogP contribution in [0, 0.1) is 19.8 Å². The summed E-state index contributed by atoms with van der Waals surface area (Å²) in [6.45, 7) is 5.55. The van der Waals surface area contributed by atoms with Crippen molar-refractivity contribution in [3.05, 3.63) is 58.7 Å². The van der Waals surface area contributed by atoms with E-state index in [9.17, 15) is 14.7 Å². The molecule has 0 spiro atoms. The summed E-state index contributed by atoms with van der Waals surface area (Å²) < 4.78 is 10.5. The number of aryl methyl sites for hydroxylation is 1. The summed E-state index contributed by atoms with van der Waals surface area (Å²) in [5.41, 5.74) is 3.34. The predicted molar refractivity (Wildman–Crippen MR) is 107 cm³/mol. The molecule has 150 valence electrons. The smallest absolute Gasteiger partial charge is 0.330 e. The number of hydrogen-bond acceptors (Lipinski definition) is 4. The molecule has 2 aromatic carbocycles. The second-order valence-corrected chi connectivity index (χ2v) is 6.86. The van der Waals surface area contributed by atoms with Crippen LogP contribution in [0.25, 0.3) is 0 Å². The van der Waals surface area contributed by atoms with Crippen molar-refractivity contribution >= 4 is 11.9 Å². The van der Waals surface area contributed by atoms with Gasteiger partial charge >= 0.3 is 5.97 Å². The quantitative estimate of drug-likeness (QED) is 0.727. The number of rotatable bonds is 8. The van der Waals surface area contributed by atoms with Gasteiger partial charge < -0.3 is 19.9 Å². The van der Waals surface area contributed by atoms with Crippen LogP contribution in [0.3, 0.4) is 0 Å². The zero-order valence-electron chi connectivity index (χ0n) is 16.9. The average molecular weight is 385 g/mol. The molecule has 0 radical (unpaired) electrons. The van der Waals surface area contributed by atoms with Gasteiger partial charge in [0.05, 0.1) is 14.2 Å². The molecule has 2 atom stereocenters. The molecule has 0 aromatic heterocycles. The van der Waals surface area contributed by atoms with Gasteiger partial charge in [-0.1, -0.05) is 31.2 Å². The number of carbonyl (C=O) groups excluding carboxylic acids is 1. The predicted octanol–water partition coefficient (Wildman–Crippen LogP) is 3.44. The summed E-state index contributed by atoms with van der Waals surface area (Å²) in [6, 6.07) is 9.84. The fourth-order valence-electron chi connectivity index (χ4n) is 3.10. The van der Waals surface area contributed by atoms with Crippen molar-refractivity contribution in [1.82, 2.24) is 5.32 Å². The lowest BCUT2D eigenvalue weighted by atomic mass is 9.95. The molecule has 2 aromatic rings. The van der Waals surface area contributed by atoms with Gasteiger partial charge in [-0.25, -0.2) is 4.79 Å². The number of carboxylic acids is 1. The summed E-state index contributed by atoms with van der Waals surface area (Å²) in [5, 5.41) is 12.3. The largest absolute Gasteiger partial charge is 0.493 e. The number of hydrogen-bond donors (Lipinski definition) is 2. The van der Waals surface area contributed by atoms with Gasteiger partial charge in [0.2, 0.25) is 5.91 Å². The molecule has 0 aliphatic heterocycles. The summed E-state index contributed by atoms with van der Waals surface area (Å²) in [4.78, 5) is 24.5. The van der Waals surface area contributed by atoms with E-state index in [4.69, 9.17) is 9.47 Å². The van der Waals surface area contributed by atoms with Crippen LogP contribution in [0.5, 0.6) is 11.5 Å². The van der Waals surface area contributed by atoms with Gasteiger partial charge in [0, 0.05) is 5.92 Å². The molecule has 0 fully saturated rings. The Hall–Kier alpha value is -3.02. The van der Waals surface area contributed by atoms with Crippen LogP contribution in [0.4, 0.5) is 0 Å². The van der Waals surface area contributed by atoms with Crippen LogP contribution in [0.2, 0.25) is 0 Å². The van der Waals surface area contributed by atoms with Gasteiger partial charge in [-0.2, -0.15) is 0 Å². The number of carboxylic acid groups (broad SMARTS) is 1. The van der Waals surface area contributed by atoms with Crippen LogP contribution >= 0.6 is 0 Å². The van der Waals surface area contributed by atoms with Crippen molar-refractivity contribution in [2.24, 2.45) is 5.92 Å². The molecule has 0 saturated carbocycles. The van der Waals surface area contributed by atoms with Crippen molar-refractivity contribution < 1.29 is 24.2 Å². The lowest BCUT2D eigenvalue weighted by molar-refractivity contribution is -0.142. The maximum Gasteiger partial charge on any atom is 0.330 e. The van der Waals surface area contributed by atoms with E-state index in [1.807, 2.05) is 32.0 Å². The first-order chi connectivity index (χ1) is 13.3. The highest BCUT2D eigenvalue weighted by Crippen LogP contribution is 2.28. The Morgan fingerprint density at radius 1 is 1.07 bits per heavy atom. The molecule has 0 aliphatic carbocycles. The van der Waals surface area contributed by atoms with Gasteiger partial charge in [-0.05, 0) is 54.7 Å². The number of methoxy groups -OCH3 is 2. The molecular weight excluding hydrogens is 358 g/mol. The van der Waals surface area contributed by atoms with Gasteiger partial charge in [-0.15, -0.1) is 0 Å². The minimum Gasteiger partial charge on any atom is -0.493 e. The number of ether oxygens (including phenoxy) is 2. The fourth-order valence-corrected chi connectivity index (χ4v) is 3.10. The first-order valence-electron chi connectivity index (χ1n) is 9.08. The van der Waals surface area contributed by atoms with E-state index in [0.29, 0.717) is 23.5 Å². The maximum absolute atomic E-state index is 12.7. The van der Waals surface area contributed by atoms with E-state index < -0.39 is 17.9 Å². The maximum atomic E-state index is 12.7. The summed E-state index contributed by atoms with van der Waals surface area (Å²) in [5.74, 6) is -0.607. The third-order valence-corrected chi connectivity index (χ3v) is 4.93. The molecule has 0 heterocycles. The molecule has 0 aliphatic rings. The van der Waals surface area contributed by atoms with Crippen molar-refractivity contribution in [3.8, 4) is 11.5 Å². The first-order valence-corrected chi connectivity index (χ1v) is 9.08. The third-order valence-electron chi connectivity index (χ3n) is 4.93. The van der Waals surface area contributed by atoms with E-state index in [1.54, 1.807) is 39.3 Å². The molecule has 2 rings (SSSR count). The number of benzene rings is 2. The molecule has 6 heteroatoms. The molecule has 2 unspecified atom stereocenters. The van der Waals surface area contributed by atoms with Crippen LogP contribution in [0.15, 0.2) is 36.4 Å². The second-order valence-electron chi connectivity index (χ2n) is 6.86.